The van der Waals surface area contributed by atoms with E-state index in [1.165, 1.54) is 12.1 Å². The maximum absolute atomic E-state index is 11.6. The Kier molecular flexibility index (Phi) is 5.00. The Hall–Kier alpha value is -1.95. The van der Waals surface area contributed by atoms with E-state index in [0.29, 0.717) is 5.75 Å². The normalized spacial score (nSPS) is 12.6. The first-order valence-corrected chi connectivity index (χ1v) is 5.97. The molecule has 1 aromatic carbocycles. The smallest absolute Gasteiger partial charge is 0.318 e. The highest BCUT2D eigenvalue weighted by Crippen LogP contribution is 2.16. The van der Waals surface area contributed by atoms with Crippen molar-refractivity contribution in [2.24, 2.45) is 0 Å². The topological polar surface area (TPSA) is 90.8 Å². The number of phenols is 1. The molecule has 0 aromatic heterocycles. The lowest BCUT2D eigenvalue weighted by Gasteiger charge is -2.25. The van der Waals surface area contributed by atoms with Gasteiger partial charge in [0.25, 0.3) is 0 Å². The van der Waals surface area contributed by atoms with Crippen LogP contribution in [0.4, 0.5) is 4.79 Å². The second kappa shape index (κ2) is 6.29. The van der Waals surface area contributed by atoms with Crippen LogP contribution in [0.1, 0.15) is 20.8 Å². The predicted octanol–water partition coefficient (Wildman–Crippen LogP) is 1.19. The van der Waals surface area contributed by atoms with Gasteiger partial charge in [-0.2, -0.15) is 0 Å². The summed E-state index contributed by atoms with van der Waals surface area (Å²) in [6.07, 6.45) is -0.543. The Bertz CT molecular complexity index is 417. The summed E-state index contributed by atoms with van der Waals surface area (Å²) in [7, 11) is 0. The van der Waals surface area contributed by atoms with E-state index >= 15 is 0 Å². The van der Waals surface area contributed by atoms with Crippen LogP contribution in [0.5, 0.6) is 11.5 Å². The Balaban J connectivity index is 2.44. The van der Waals surface area contributed by atoms with Gasteiger partial charge in [0.15, 0.2) is 6.23 Å². The molecule has 0 aliphatic heterocycles. The largest absolute Gasteiger partial charge is 0.508 e. The van der Waals surface area contributed by atoms with Crippen molar-refractivity contribution in [3.63, 3.8) is 0 Å². The zero-order valence-corrected chi connectivity index (χ0v) is 11.3. The first kappa shape index (κ1) is 15.1. The molecule has 1 aromatic rings. The number of benzene rings is 1. The van der Waals surface area contributed by atoms with Gasteiger partial charge < -0.3 is 25.6 Å². The molecule has 6 heteroatoms. The van der Waals surface area contributed by atoms with Crippen LogP contribution in [-0.2, 0) is 0 Å². The van der Waals surface area contributed by atoms with Crippen LogP contribution in [0.15, 0.2) is 24.3 Å². The van der Waals surface area contributed by atoms with Crippen LogP contribution in [-0.4, -0.2) is 34.6 Å². The number of amides is 2. The fraction of sp³-hybridized carbons (Fsp3) is 0.462. The number of hydrogen-bond acceptors (Lipinski definition) is 4. The Morgan fingerprint density at radius 1 is 1.37 bits per heavy atom. The molecule has 2 amide bonds. The number of aliphatic hydroxyl groups is 1. The molecule has 0 radical (unpaired) electrons. The van der Waals surface area contributed by atoms with E-state index < -0.39 is 17.8 Å². The molecule has 0 heterocycles. The lowest BCUT2D eigenvalue weighted by molar-refractivity contribution is 0.157. The lowest BCUT2D eigenvalue weighted by Crippen LogP contribution is -2.53. The lowest BCUT2D eigenvalue weighted by atomic mass is 10.1. The summed E-state index contributed by atoms with van der Waals surface area (Å²) in [4.78, 5) is 11.6. The van der Waals surface area contributed by atoms with Crippen molar-refractivity contribution in [3.8, 4) is 11.5 Å². The van der Waals surface area contributed by atoms with Gasteiger partial charge in [0.2, 0.25) is 0 Å². The summed E-state index contributed by atoms with van der Waals surface area (Å²) < 4.78 is 5.44. The van der Waals surface area contributed by atoms with Gasteiger partial charge in [-0.1, -0.05) is 0 Å². The summed E-state index contributed by atoms with van der Waals surface area (Å²) in [5.41, 5.74) is -0.692. The summed E-state index contributed by atoms with van der Waals surface area (Å²) in [6, 6.07) is 5.77. The number of carbonyl (C=O) groups is 1. The Labute approximate surface area is 112 Å². The van der Waals surface area contributed by atoms with Gasteiger partial charge in [-0.15, -0.1) is 0 Å². The SMILES string of the molecule is CC(NC(=O)NC(C)(C)CO)Oc1ccc(O)cc1. The molecular formula is C13H20N2O4. The number of carbonyl (C=O) groups excluding carboxylic acids is 1. The number of ether oxygens (including phenoxy) is 1. The zero-order chi connectivity index (χ0) is 14.5. The Morgan fingerprint density at radius 3 is 2.47 bits per heavy atom. The fourth-order valence-corrected chi connectivity index (χ4v) is 1.33. The molecule has 19 heavy (non-hydrogen) atoms. The zero-order valence-electron chi connectivity index (χ0n) is 11.3. The number of hydrogen-bond donors (Lipinski definition) is 4. The molecule has 0 saturated heterocycles. The highest BCUT2D eigenvalue weighted by molar-refractivity contribution is 5.74. The molecule has 1 rings (SSSR count). The van der Waals surface area contributed by atoms with Crippen molar-refractivity contribution in [2.75, 3.05) is 6.61 Å². The minimum absolute atomic E-state index is 0.149. The maximum Gasteiger partial charge on any atom is 0.318 e. The van der Waals surface area contributed by atoms with Crippen LogP contribution in [0, 0.1) is 0 Å². The van der Waals surface area contributed by atoms with E-state index in [0.717, 1.165) is 0 Å². The van der Waals surface area contributed by atoms with Crippen LogP contribution < -0.4 is 15.4 Å². The molecule has 0 fully saturated rings. The number of aliphatic hydroxyl groups excluding tert-OH is 1. The van der Waals surface area contributed by atoms with Gasteiger partial charge in [0, 0.05) is 0 Å². The molecule has 1 atom stereocenters. The number of aromatic hydroxyl groups is 1. The quantitative estimate of drug-likeness (QED) is 0.604. The Morgan fingerprint density at radius 2 is 1.95 bits per heavy atom. The van der Waals surface area contributed by atoms with Crippen molar-refractivity contribution >= 4 is 6.03 Å². The van der Waals surface area contributed by atoms with Gasteiger partial charge in [-0.3, -0.25) is 0 Å². The van der Waals surface area contributed by atoms with Crippen LogP contribution in [0.2, 0.25) is 0 Å². The molecule has 0 bridgehead atoms. The number of nitrogens with one attached hydrogen (secondary N) is 2. The number of urea groups is 1. The molecule has 106 valence electrons. The monoisotopic (exact) mass is 268 g/mol. The molecule has 0 saturated carbocycles. The average Bonchev–Trinajstić information content (AvgIpc) is 2.31. The van der Waals surface area contributed by atoms with Crippen molar-refractivity contribution in [3.05, 3.63) is 24.3 Å². The number of phenolic OH excluding ortho intramolecular Hbond substituents is 1. The van der Waals surface area contributed by atoms with Crippen LogP contribution >= 0.6 is 0 Å². The molecule has 0 aliphatic carbocycles. The molecule has 4 N–H and O–H groups in total. The summed E-state index contributed by atoms with van der Waals surface area (Å²) in [6.45, 7) is 4.93. The van der Waals surface area contributed by atoms with Crippen LogP contribution in [0.25, 0.3) is 0 Å². The van der Waals surface area contributed by atoms with Gasteiger partial charge >= 0.3 is 6.03 Å². The highest BCUT2D eigenvalue weighted by Gasteiger charge is 2.20. The summed E-state index contributed by atoms with van der Waals surface area (Å²) >= 11 is 0. The van der Waals surface area contributed by atoms with E-state index in [1.807, 2.05) is 0 Å². The molecular weight excluding hydrogens is 248 g/mol. The minimum Gasteiger partial charge on any atom is -0.508 e. The molecule has 0 aliphatic rings. The molecule has 1 unspecified atom stereocenters. The third kappa shape index (κ3) is 5.48. The predicted molar refractivity (Wildman–Crippen MR) is 71.0 cm³/mol. The highest BCUT2D eigenvalue weighted by atomic mass is 16.5. The standard InChI is InChI=1S/C13H20N2O4/c1-9(14-12(18)15-13(2,3)8-16)19-11-6-4-10(17)5-7-11/h4-7,9,16-17H,8H2,1-3H3,(H2,14,15,18). The second-order valence-corrected chi connectivity index (χ2v) is 4.89. The first-order chi connectivity index (χ1) is 8.82. The molecule has 6 nitrogen and oxygen atoms in total. The summed E-state index contributed by atoms with van der Waals surface area (Å²) in [5.74, 6) is 0.683. The second-order valence-electron chi connectivity index (χ2n) is 4.89. The van der Waals surface area contributed by atoms with E-state index in [-0.39, 0.29) is 12.4 Å². The third-order valence-electron chi connectivity index (χ3n) is 2.33. The third-order valence-corrected chi connectivity index (χ3v) is 2.33. The van der Waals surface area contributed by atoms with E-state index in [4.69, 9.17) is 14.9 Å². The number of rotatable bonds is 5. The van der Waals surface area contributed by atoms with E-state index in [9.17, 15) is 4.79 Å². The first-order valence-electron chi connectivity index (χ1n) is 5.97. The summed E-state index contributed by atoms with van der Waals surface area (Å²) in [5, 5.41) is 23.4. The van der Waals surface area contributed by atoms with Crippen molar-refractivity contribution in [1.82, 2.24) is 10.6 Å². The minimum atomic E-state index is -0.692. The van der Waals surface area contributed by atoms with Crippen molar-refractivity contribution in [2.45, 2.75) is 32.5 Å². The molecule has 0 spiro atoms. The fourth-order valence-electron chi connectivity index (χ4n) is 1.33. The maximum atomic E-state index is 11.6. The van der Waals surface area contributed by atoms with Crippen LogP contribution in [0.3, 0.4) is 0 Å². The van der Waals surface area contributed by atoms with E-state index in [2.05, 4.69) is 10.6 Å². The average molecular weight is 268 g/mol. The van der Waals surface area contributed by atoms with Gasteiger partial charge in [-0.25, -0.2) is 4.79 Å². The van der Waals surface area contributed by atoms with Crippen molar-refractivity contribution < 1.29 is 19.7 Å². The van der Waals surface area contributed by atoms with Gasteiger partial charge in [0.05, 0.1) is 12.1 Å². The van der Waals surface area contributed by atoms with Crippen molar-refractivity contribution in [1.29, 1.82) is 0 Å². The van der Waals surface area contributed by atoms with Gasteiger partial charge in [-0.05, 0) is 45.0 Å². The van der Waals surface area contributed by atoms with Gasteiger partial charge in [0.1, 0.15) is 11.5 Å². The van der Waals surface area contributed by atoms with E-state index in [1.54, 1.807) is 32.9 Å².